The lowest BCUT2D eigenvalue weighted by atomic mass is 9.78. The SMILES string of the molecule is CC(=O)OC[C@@H]1CN(Cc2ccccc2)C[C@@H](ON2C(C)(C)CCCC2(C)C)[C@H]1c1ccccc1. The molecule has 2 aromatic carbocycles. The summed E-state index contributed by atoms with van der Waals surface area (Å²) in [6, 6.07) is 21.2. The Morgan fingerprint density at radius 3 is 2.11 bits per heavy atom. The van der Waals surface area contributed by atoms with E-state index in [9.17, 15) is 4.79 Å². The van der Waals surface area contributed by atoms with Crippen LogP contribution in [0.25, 0.3) is 0 Å². The molecule has 0 spiro atoms. The van der Waals surface area contributed by atoms with Crippen LogP contribution in [0.15, 0.2) is 60.7 Å². The van der Waals surface area contributed by atoms with E-state index in [4.69, 9.17) is 9.57 Å². The van der Waals surface area contributed by atoms with Crippen LogP contribution in [0.2, 0.25) is 0 Å². The molecule has 190 valence electrons. The Hall–Kier alpha value is -2.21. The second-order valence-corrected chi connectivity index (χ2v) is 11.6. The lowest BCUT2D eigenvalue weighted by Gasteiger charge is -2.54. The topological polar surface area (TPSA) is 42.0 Å². The van der Waals surface area contributed by atoms with Gasteiger partial charge >= 0.3 is 5.97 Å². The number of hydrogen-bond acceptors (Lipinski definition) is 5. The number of rotatable bonds is 7. The highest BCUT2D eigenvalue weighted by molar-refractivity contribution is 5.65. The van der Waals surface area contributed by atoms with E-state index in [0.717, 1.165) is 32.5 Å². The van der Waals surface area contributed by atoms with Gasteiger partial charge in [0.25, 0.3) is 0 Å². The van der Waals surface area contributed by atoms with E-state index in [0.29, 0.717) is 6.61 Å². The number of benzene rings is 2. The molecule has 35 heavy (non-hydrogen) atoms. The lowest BCUT2D eigenvalue weighted by molar-refractivity contribution is -0.316. The highest BCUT2D eigenvalue weighted by Gasteiger charge is 2.47. The number of nitrogens with zero attached hydrogens (tertiary/aromatic N) is 2. The van der Waals surface area contributed by atoms with Gasteiger partial charge in [0.2, 0.25) is 0 Å². The Labute approximate surface area is 211 Å². The molecule has 2 aliphatic rings. The third-order valence-corrected chi connectivity index (χ3v) is 7.69. The molecule has 4 rings (SSSR count). The molecule has 2 heterocycles. The van der Waals surface area contributed by atoms with E-state index in [1.165, 1.54) is 24.5 Å². The average molecular weight is 479 g/mol. The summed E-state index contributed by atoms with van der Waals surface area (Å²) < 4.78 is 5.62. The van der Waals surface area contributed by atoms with Crippen molar-refractivity contribution in [2.45, 2.75) is 83.5 Å². The highest BCUT2D eigenvalue weighted by Crippen LogP contribution is 2.43. The van der Waals surface area contributed by atoms with Crippen LogP contribution in [0, 0.1) is 5.92 Å². The van der Waals surface area contributed by atoms with Crippen molar-refractivity contribution in [3.63, 3.8) is 0 Å². The first-order chi connectivity index (χ1) is 16.7. The molecule has 2 saturated heterocycles. The van der Waals surface area contributed by atoms with Gasteiger partial charge in [-0.1, -0.05) is 60.7 Å². The summed E-state index contributed by atoms with van der Waals surface area (Å²) in [5.41, 5.74) is 2.45. The summed E-state index contributed by atoms with van der Waals surface area (Å²) in [7, 11) is 0. The molecule has 0 amide bonds. The largest absolute Gasteiger partial charge is 0.466 e. The second kappa shape index (κ2) is 10.8. The molecule has 0 N–H and O–H groups in total. The van der Waals surface area contributed by atoms with Crippen LogP contribution >= 0.6 is 0 Å². The smallest absolute Gasteiger partial charge is 0.302 e. The second-order valence-electron chi connectivity index (χ2n) is 11.6. The van der Waals surface area contributed by atoms with Crippen molar-refractivity contribution in [1.29, 1.82) is 0 Å². The van der Waals surface area contributed by atoms with Crippen LogP contribution in [0.1, 0.15) is 70.9 Å². The van der Waals surface area contributed by atoms with Gasteiger partial charge in [-0.25, -0.2) is 0 Å². The minimum Gasteiger partial charge on any atom is -0.466 e. The maximum absolute atomic E-state index is 11.8. The maximum atomic E-state index is 11.8. The van der Waals surface area contributed by atoms with E-state index < -0.39 is 0 Å². The standard InChI is InChI=1S/C30H42N2O3/c1-23(33)34-22-26-20-31(19-24-13-8-6-9-14-24)21-27(28(26)25-15-10-7-11-16-25)35-32-29(2,3)17-12-18-30(32,4)5/h6-11,13-16,26-28H,12,17-22H2,1-5H3/t26-,27+,28-/m0/s1. The van der Waals surface area contributed by atoms with Crippen LogP contribution in [-0.4, -0.2) is 52.8 Å². The fourth-order valence-corrected chi connectivity index (χ4v) is 6.20. The zero-order chi connectivity index (χ0) is 25.1. The highest BCUT2D eigenvalue weighted by atomic mass is 16.7. The van der Waals surface area contributed by atoms with Gasteiger partial charge in [0.05, 0.1) is 12.7 Å². The van der Waals surface area contributed by atoms with Crippen LogP contribution in [0.4, 0.5) is 0 Å². The summed E-state index contributed by atoms with van der Waals surface area (Å²) in [4.78, 5) is 21.4. The first kappa shape index (κ1) is 25.9. The normalized spacial score (nSPS) is 26.8. The Kier molecular flexibility index (Phi) is 7.99. The number of carbonyl (C=O) groups excluding carboxylic acids is 1. The third-order valence-electron chi connectivity index (χ3n) is 7.69. The van der Waals surface area contributed by atoms with E-state index in [1.807, 2.05) is 0 Å². The summed E-state index contributed by atoms with van der Waals surface area (Å²) in [5.74, 6) is 0.0450. The Bertz CT molecular complexity index is 944. The minimum atomic E-state index is -0.229. The summed E-state index contributed by atoms with van der Waals surface area (Å²) in [6.45, 7) is 13.6. The number of hydrogen-bond donors (Lipinski definition) is 0. The van der Waals surface area contributed by atoms with Crippen molar-refractivity contribution in [3.05, 3.63) is 71.8 Å². The van der Waals surface area contributed by atoms with Crippen molar-refractivity contribution in [2.24, 2.45) is 5.92 Å². The minimum absolute atomic E-state index is 0.0456. The van der Waals surface area contributed by atoms with Crippen LogP contribution in [0.3, 0.4) is 0 Å². The Morgan fingerprint density at radius 1 is 0.914 bits per heavy atom. The molecule has 0 aliphatic carbocycles. The van der Waals surface area contributed by atoms with Crippen molar-refractivity contribution in [3.8, 4) is 0 Å². The molecule has 0 saturated carbocycles. The molecular weight excluding hydrogens is 436 g/mol. The molecule has 2 aliphatic heterocycles. The number of hydroxylamine groups is 2. The Morgan fingerprint density at radius 2 is 1.51 bits per heavy atom. The Balaban J connectivity index is 1.68. The molecular formula is C30H42N2O3. The van der Waals surface area contributed by atoms with Gasteiger partial charge in [0.1, 0.15) is 0 Å². The van der Waals surface area contributed by atoms with Crippen molar-refractivity contribution in [2.75, 3.05) is 19.7 Å². The predicted molar refractivity (Wildman–Crippen MR) is 140 cm³/mol. The maximum Gasteiger partial charge on any atom is 0.302 e. The van der Waals surface area contributed by atoms with Gasteiger partial charge in [0, 0.05) is 49.5 Å². The number of carbonyl (C=O) groups is 1. The van der Waals surface area contributed by atoms with Crippen LogP contribution in [-0.2, 0) is 20.9 Å². The van der Waals surface area contributed by atoms with Crippen LogP contribution < -0.4 is 0 Å². The fourth-order valence-electron chi connectivity index (χ4n) is 6.20. The van der Waals surface area contributed by atoms with E-state index in [2.05, 4.69) is 98.3 Å². The van der Waals surface area contributed by atoms with Gasteiger partial charge in [0.15, 0.2) is 0 Å². The van der Waals surface area contributed by atoms with Crippen molar-refractivity contribution < 1.29 is 14.4 Å². The van der Waals surface area contributed by atoms with Crippen LogP contribution in [0.5, 0.6) is 0 Å². The zero-order valence-electron chi connectivity index (χ0n) is 22.1. The van der Waals surface area contributed by atoms with Gasteiger partial charge in [-0.3, -0.25) is 14.5 Å². The van der Waals surface area contributed by atoms with E-state index in [1.54, 1.807) is 0 Å². The van der Waals surface area contributed by atoms with Gasteiger partial charge in [-0.2, -0.15) is 5.06 Å². The number of likely N-dealkylation sites (tertiary alicyclic amines) is 1. The molecule has 5 nitrogen and oxygen atoms in total. The van der Waals surface area contributed by atoms with E-state index in [-0.39, 0.29) is 35.0 Å². The van der Waals surface area contributed by atoms with E-state index >= 15 is 0 Å². The molecule has 0 radical (unpaired) electrons. The van der Waals surface area contributed by atoms with Crippen molar-refractivity contribution in [1.82, 2.24) is 9.96 Å². The summed E-state index contributed by atoms with van der Waals surface area (Å²) in [5, 5.41) is 2.29. The first-order valence-corrected chi connectivity index (χ1v) is 13.1. The zero-order valence-corrected chi connectivity index (χ0v) is 22.1. The molecule has 0 unspecified atom stereocenters. The summed E-state index contributed by atoms with van der Waals surface area (Å²) >= 11 is 0. The third kappa shape index (κ3) is 6.32. The van der Waals surface area contributed by atoms with Gasteiger partial charge < -0.3 is 4.74 Å². The van der Waals surface area contributed by atoms with Gasteiger partial charge in [-0.15, -0.1) is 0 Å². The molecule has 0 aromatic heterocycles. The molecule has 2 aromatic rings. The number of ether oxygens (including phenoxy) is 1. The quantitative estimate of drug-likeness (QED) is 0.470. The molecule has 5 heteroatoms. The number of piperidine rings is 2. The number of esters is 1. The average Bonchev–Trinajstić information content (AvgIpc) is 2.81. The van der Waals surface area contributed by atoms with Gasteiger partial charge in [-0.05, 0) is 58.1 Å². The molecule has 3 atom stereocenters. The predicted octanol–water partition coefficient (Wildman–Crippen LogP) is 5.81. The first-order valence-electron chi connectivity index (χ1n) is 13.1. The molecule has 2 fully saturated rings. The monoisotopic (exact) mass is 478 g/mol. The van der Waals surface area contributed by atoms with Crippen molar-refractivity contribution >= 4 is 5.97 Å². The summed E-state index contributed by atoms with van der Waals surface area (Å²) in [6.07, 6.45) is 3.39. The lowest BCUT2D eigenvalue weighted by Crippen LogP contribution is -2.62. The molecule has 0 bridgehead atoms. The fraction of sp³-hybridized carbons (Fsp3) is 0.567.